The standard InChI is InChI=1S/C24H32N4O3.C4H7NO.2C3H8.C2H4O.2C2H6/c1-4-5-9-16(2)26-22(29)20-12-8-13-28(20)23(30)21(27-24(31)25-3)19-14-17-10-6-7-11-18(17)15-19;1-2-3-5-4-6;2*1-3-2;1-2-3;2*1-2/h1,6-7,10-11,16,19-21H,5,8-9,12-15H2,2-3H3,(H,26,29)(H2,25,27,31);2,4H,1,3H2,(H,5,6);2*3H2,1-2H3;2H,1H3;2*1-2H3. The summed E-state index contributed by atoms with van der Waals surface area (Å²) in [6.07, 6.45) is 15.0. The molecule has 4 N–H and O–H groups in total. The van der Waals surface area contributed by atoms with Crippen molar-refractivity contribution in [3.05, 3.63) is 48.0 Å². The molecule has 1 aromatic carbocycles. The number of hydrogen-bond acceptors (Lipinski definition) is 5. The first-order valence-corrected chi connectivity index (χ1v) is 18.4. The van der Waals surface area contributed by atoms with E-state index in [4.69, 9.17) is 11.2 Å². The fourth-order valence-corrected chi connectivity index (χ4v) is 4.75. The van der Waals surface area contributed by atoms with Crippen molar-refractivity contribution >= 4 is 30.5 Å². The molecule has 0 aromatic heterocycles. The second-order valence-electron chi connectivity index (χ2n) is 10.9. The zero-order valence-electron chi connectivity index (χ0n) is 33.2. The van der Waals surface area contributed by atoms with Gasteiger partial charge < -0.3 is 31.0 Å². The van der Waals surface area contributed by atoms with Crippen molar-refractivity contribution in [2.45, 2.75) is 139 Å². The summed E-state index contributed by atoms with van der Waals surface area (Å²) < 4.78 is 0. The summed E-state index contributed by atoms with van der Waals surface area (Å²) in [5.74, 6) is 2.21. The first-order chi connectivity index (χ1) is 24.1. The van der Waals surface area contributed by atoms with E-state index in [0.717, 1.165) is 25.5 Å². The van der Waals surface area contributed by atoms with E-state index in [1.165, 1.54) is 37.9 Å². The number of nitrogens with one attached hydrogen (secondary N) is 4. The highest BCUT2D eigenvalue weighted by molar-refractivity contribution is 5.92. The summed E-state index contributed by atoms with van der Waals surface area (Å²) in [4.78, 5) is 58.5. The number of terminal acetylenes is 1. The minimum atomic E-state index is -0.681. The monoisotopic (exact) mass is 702 g/mol. The summed E-state index contributed by atoms with van der Waals surface area (Å²) in [7, 11) is 1.53. The molecule has 1 aliphatic carbocycles. The van der Waals surface area contributed by atoms with Gasteiger partial charge in [-0.2, -0.15) is 0 Å². The van der Waals surface area contributed by atoms with E-state index in [0.29, 0.717) is 38.8 Å². The summed E-state index contributed by atoms with van der Waals surface area (Å²) in [6, 6.07) is 6.49. The van der Waals surface area contributed by atoms with Crippen molar-refractivity contribution in [2.75, 3.05) is 20.1 Å². The lowest BCUT2D eigenvalue weighted by Crippen LogP contribution is -2.57. The maximum absolute atomic E-state index is 13.6. The molecule has 0 spiro atoms. The molecule has 5 amide bonds. The SMILES string of the molecule is C#CCCC(C)NC(=O)C1CCCN1C(=O)C(NC(=O)NC)C1Cc2ccccc2C1.C=CCNC=O.CC.CC.CC=O.CCC.CCC. The first-order valence-electron chi connectivity index (χ1n) is 18.4. The number of nitrogens with zero attached hydrogens (tertiary/aromatic N) is 1. The molecule has 50 heavy (non-hydrogen) atoms. The average Bonchev–Trinajstić information content (AvgIpc) is 3.80. The molecule has 1 saturated heterocycles. The van der Waals surface area contributed by atoms with E-state index in [1.54, 1.807) is 11.0 Å². The van der Waals surface area contributed by atoms with Crippen LogP contribution in [-0.4, -0.2) is 73.7 Å². The van der Waals surface area contributed by atoms with Gasteiger partial charge in [0.2, 0.25) is 18.2 Å². The van der Waals surface area contributed by atoms with Crippen molar-refractivity contribution < 1.29 is 24.0 Å². The highest BCUT2D eigenvalue weighted by atomic mass is 16.2. The van der Waals surface area contributed by atoms with Crippen LogP contribution in [0.4, 0.5) is 4.79 Å². The third-order valence-corrected chi connectivity index (χ3v) is 6.63. The fraction of sp³-hybridized carbons (Fsp3) is 0.625. The zero-order valence-corrected chi connectivity index (χ0v) is 33.2. The van der Waals surface area contributed by atoms with Crippen LogP contribution in [0.5, 0.6) is 0 Å². The second kappa shape index (κ2) is 37.7. The van der Waals surface area contributed by atoms with Gasteiger partial charge in [0.15, 0.2) is 0 Å². The van der Waals surface area contributed by atoms with Crippen molar-refractivity contribution in [3.8, 4) is 12.3 Å². The molecule has 10 heteroatoms. The van der Waals surface area contributed by atoms with Gasteiger partial charge in [-0.25, -0.2) is 4.79 Å². The van der Waals surface area contributed by atoms with Gasteiger partial charge in [0, 0.05) is 32.6 Å². The molecule has 0 radical (unpaired) electrons. The fourth-order valence-electron chi connectivity index (χ4n) is 4.75. The summed E-state index contributed by atoms with van der Waals surface area (Å²) in [5, 5.41) is 10.8. The minimum absolute atomic E-state index is 0.0407. The lowest BCUT2D eigenvalue weighted by molar-refractivity contribution is -0.141. The van der Waals surface area contributed by atoms with Gasteiger partial charge in [-0.05, 0) is 63.0 Å². The molecule has 3 rings (SSSR count). The van der Waals surface area contributed by atoms with Gasteiger partial charge in [-0.1, -0.05) is 98.6 Å². The number of likely N-dealkylation sites (tertiary alicyclic amines) is 1. The topological polar surface area (TPSA) is 137 Å². The van der Waals surface area contributed by atoms with Gasteiger partial charge in [0.05, 0.1) is 0 Å². The zero-order chi connectivity index (χ0) is 39.3. The van der Waals surface area contributed by atoms with E-state index in [1.807, 2.05) is 46.8 Å². The van der Waals surface area contributed by atoms with E-state index in [-0.39, 0.29) is 23.8 Å². The Kier molecular flexibility index (Phi) is 39.7. The molecule has 1 heterocycles. The number of rotatable bonds is 10. The molecule has 3 atom stereocenters. The summed E-state index contributed by atoms with van der Waals surface area (Å²) in [5.41, 5.74) is 2.42. The third-order valence-electron chi connectivity index (χ3n) is 6.63. The number of hydrogen-bond donors (Lipinski definition) is 4. The van der Waals surface area contributed by atoms with Crippen LogP contribution in [0.25, 0.3) is 0 Å². The van der Waals surface area contributed by atoms with Crippen molar-refractivity contribution in [2.24, 2.45) is 5.92 Å². The van der Waals surface area contributed by atoms with Crippen LogP contribution in [0, 0.1) is 18.3 Å². The predicted molar refractivity (Wildman–Crippen MR) is 210 cm³/mol. The molecule has 286 valence electrons. The highest BCUT2D eigenvalue weighted by Gasteiger charge is 2.42. The number of carbonyl (C=O) groups is 5. The molecule has 3 unspecified atom stereocenters. The number of amides is 5. The van der Waals surface area contributed by atoms with Crippen molar-refractivity contribution in [1.82, 2.24) is 26.2 Å². The molecule has 1 aliphatic heterocycles. The van der Waals surface area contributed by atoms with Crippen molar-refractivity contribution in [1.29, 1.82) is 0 Å². The second-order valence-corrected chi connectivity index (χ2v) is 10.9. The number of carbonyl (C=O) groups excluding carboxylic acids is 5. The Morgan fingerprint density at radius 2 is 1.50 bits per heavy atom. The van der Waals surface area contributed by atoms with Crippen LogP contribution in [0.1, 0.15) is 119 Å². The molecular formula is C40H71N5O5. The molecule has 1 fully saturated rings. The van der Waals surface area contributed by atoms with Crippen molar-refractivity contribution in [3.63, 3.8) is 0 Å². The Hall–Kier alpha value is -4.13. The predicted octanol–water partition coefficient (Wildman–Crippen LogP) is 6.62. The molecular weight excluding hydrogens is 630 g/mol. The minimum Gasteiger partial charge on any atom is -0.355 e. The van der Waals surface area contributed by atoms with Crippen LogP contribution in [0.2, 0.25) is 0 Å². The molecule has 0 saturated carbocycles. The number of urea groups is 1. The molecule has 2 aliphatic rings. The van der Waals surface area contributed by atoms with Crippen LogP contribution in [0.3, 0.4) is 0 Å². The lowest BCUT2D eigenvalue weighted by atomic mass is 9.95. The largest absolute Gasteiger partial charge is 0.355 e. The van der Waals surface area contributed by atoms with E-state index in [9.17, 15) is 19.2 Å². The van der Waals surface area contributed by atoms with Gasteiger partial charge >= 0.3 is 6.03 Å². The van der Waals surface area contributed by atoms with Crippen LogP contribution in [0.15, 0.2) is 36.9 Å². The van der Waals surface area contributed by atoms with Gasteiger partial charge in [-0.3, -0.25) is 14.4 Å². The number of fused-ring (bicyclic) bond motifs is 1. The van der Waals surface area contributed by atoms with E-state index in [2.05, 4.69) is 73.6 Å². The normalized spacial score (nSPS) is 14.3. The smallest absolute Gasteiger partial charge is 0.315 e. The summed E-state index contributed by atoms with van der Waals surface area (Å²) in [6.45, 7) is 24.3. The number of benzene rings is 1. The average molecular weight is 702 g/mol. The maximum Gasteiger partial charge on any atom is 0.315 e. The summed E-state index contributed by atoms with van der Waals surface area (Å²) >= 11 is 0. The molecule has 0 bridgehead atoms. The Bertz CT molecular complexity index is 1040. The molecule has 10 nitrogen and oxygen atoms in total. The van der Waals surface area contributed by atoms with Gasteiger partial charge in [-0.15, -0.1) is 18.9 Å². The first kappa shape index (κ1) is 52.7. The maximum atomic E-state index is 13.6. The number of aldehydes is 1. The van der Waals surface area contributed by atoms with Gasteiger partial charge in [0.25, 0.3) is 0 Å². The van der Waals surface area contributed by atoms with E-state index < -0.39 is 18.1 Å². The Labute approximate surface area is 305 Å². The Morgan fingerprint density at radius 1 is 1.00 bits per heavy atom. The quantitative estimate of drug-likeness (QED) is 0.0942. The van der Waals surface area contributed by atoms with Gasteiger partial charge in [0.1, 0.15) is 18.4 Å². The van der Waals surface area contributed by atoms with Crippen LogP contribution in [-0.2, 0) is 32.0 Å². The van der Waals surface area contributed by atoms with Crippen LogP contribution < -0.4 is 21.3 Å². The third kappa shape index (κ3) is 24.1. The molecule has 1 aromatic rings. The Balaban J connectivity index is -0.000000465. The lowest BCUT2D eigenvalue weighted by Gasteiger charge is -2.32. The van der Waals surface area contributed by atoms with E-state index >= 15 is 0 Å². The Morgan fingerprint density at radius 3 is 1.90 bits per heavy atom. The van der Waals surface area contributed by atoms with Crippen LogP contribution >= 0.6 is 0 Å². The highest BCUT2D eigenvalue weighted by Crippen LogP contribution is 2.31.